The van der Waals surface area contributed by atoms with Crippen LogP contribution in [0.15, 0.2) is 79.5 Å². The van der Waals surface area contributed by atoms with Crippen LogP contribution >= 0.6 is 0 Å². The molecule has 2 fully saturated rings. The molecule has 2 saturated heterocycles. The molecule has 0 saturated carbocycles. The van der Waals surface area contributed by atoms with E-state index in [0.29, 0.717) is 31.7 Å². The Kier molecular flexibility index (Phi) is 4.39. The number of para-hydroxylation sites is 1. The molecule has 2 aliphatic heterocycles. The summed E-state index contributed by atoms with van der Waals surface area (Å²) in [6.45, 7) is 6.18. The number of fused-ring (bicyclic) bond motifs is 1. The number of pyridine rings is 1. The molecule has 150 valence electrons. The van der Waals surface area contributed by atoms with Gasteiger partial charge in [-0.3, -0.25) is 14.6 Å². The lowest BCUT2D eigenvalue weighted by atomic mass is 9.69. The summed E-state index contributed by atoms with van der Waals surface area (Å²) in [7, 11) is 0. The van der Waals surface area contributed by atoms with Crippen LogP contribution in [0.5, 0.6) is 0 Å². The van der Waals surface area contributed by atoms with E-state index in [1.54, 1.807) is 6.20 Å². The van der Waals surface area contributed by atoms with Crippen molar-refractivity contribution in [3.63, 3.8) is 0 Å². The van der Waals surface area contributed by atoms with Gasteiger partial charge in [-0.2, -0.15) is 0 Å². The van der Waals surface area contributed by atoms with Crippen molar-refractivity contribution in [1.29, 1.82) is 0 Å². The Balaban J connectivity index is 1.48. The van der Waals surface area contributed by atoms with Crippen LogP contribution in [-0.2, 0) is 4.79 Å². The van der Waals surface area contributed by atoms with Crippen molar-refractivity contribution in [3.05, 3.63) is 90.6 Å². The van der Waals surface area contributed by atoms with E-state index in [1.807, 2.05) is 58.3 Å². The highest BCUT2D eigenvalue weighted by Gasteiger charge is 2.56. The third-order valence-corrected chi connectivity index (χ3v) is 6.50. The van der Waals surface area contributed by atoms with E-state index in [4.69, 9.17) is 0 Å². The first-order valence-corrected chi connectivity index (χ1v) is 10.2. The molecule has 1 aromatic heterocycles. The fraction of sp³-hybridized carbons (Fsp3) is 0.240. The number of rotatable bonds is 3. The fourth-order valence-corrected chi connectivity index (χ4v) is 5.03. The Morgan fingerprint density at radius 2 is 1.70 bits per heavy atom. The minimum Gasteiger partial charge on any atom is -0.338 e. The number of carbonyl (C=O) groups excluding carboxylic acids is 2. The van der Waals surface area contributed by atoms with E-state index in [1.165, 1.54) is 11.6 Å². The van der Waals surface area contributed by atoms with Gasteiger partial charge < -0.3 is 9.80 Å². The van der Waals surface area contributed by atoms with Crippen LogP contribution in [0.4, 0.5) is 0 Å². The molecular weight excluding hydrogens is 374 g/mol. The normalized spacial score (nSPS) is 19.7. The van der Waals surface area contributed by atoms with Crippen LogP contribution < -0.4 is 0 Å². The summed E-state index contributed by atoms with van der Waals surface area (Å²) < 4.78 is 0. The number of benzene rings is 2. The summed E-state index contributed by atoms with van der Waals surface area (Å²) in [6, 6.07) is 19.9. The lowest BCUT2D eigenvalue weighted by molar-refractivity contribution is -0.137. The van der Waals surface area contributed by atoms with Crippen molar-refractivity contribution in [1.82, 2.24) is 14.8 Å². The van der Waals surface area contributed by atoms with Gasteiger partial charge in [-0.25, -0.2) is 0 Å². The standard InChI is InChI=1S/C25H23N3O2/c1-2-22(29)28-16-25(17-28)15-27(14-21(25)18-8-4-3-5-9-18)24(30)20-12-6-10-19-11-7-13-26-23(19)20/h2-13,21H,1,14-17H2/t21-/m0/s1. The lowest BCUT2D eigenvalue weighted by Crippen LogP contribution is -2.61. The van der Waals surface area contributed by atoms with Gasteiger partial charge in [0.15, 0.2) is 0 Å². The van der Waals surface area contributed by atoms with E-state index in [-0.39, 0.29) is 23.1 Å². The number of amides is 2. The Labute approximate surface area is 175 Å². The van der Waals surface area contributed by atoms with Gasteiger partial charge in [0.05, 0.1) is 11.1 Å². The van der Waals surface area contributed by atoms with Crippen molar-refractivity contribution in [3.8, 4) is 0 Å². The number of hydrogen-bond acceptors (Lipinski definition) is 3. The first-order valence-electron chi connectivity index (χ1n) is 10.2. The van der Waals surface area contributed by atoms with Crippen molar-refractivity contribution in [2.24, 2.45) is 5.41 Å². The van der Waals surface area contributed by atoms with Gasteiger partial charge in [0.2, 0.25) is 5.91 Å². The maximum Gasteiger partial charge on any atom is 0.256 e. The first-order chi connectivity index (χ1) is 14.6. The predicted molar refractivity (Wildman–Crippen MR) is 116 cm³/mol. The second-order valence-electron chi connectivity index (χ2n) is 8.29. The molecule has 0 aliphatic carbocycles. The SMILES string of the molecule is C=CC(=O)N1CC2(C1)CN(C(=O)c1cccc3cccnc13)C[C@H]2c1ccccc1. The molecule has 2 amide bonds. The van der Waals surface area contributed by atoms with Crippen LogP contribution in [-0.4, -0.2) is 52.8 Å². The number of hydrogen-bond donors (Lipinski definition) is 0. The van der Waals surface area contributed by atoms with Crippen molar-refractivity contribution in [2.75, 3.05) is 26.2 Å². The highest BCUT2D eigenvalue weighted by Crippen LogP contribution is 2.49. The zero-order valence-electron chi connectivity index (χ0n) is 16.7. The van der Waals surface area contributed by atoms with Crippen LogP contribution in [0.25, 0.3) is 10.9 Å². The Morgan fingerprint density at radius 3 is 2.47 bits per heavy atom. The molecule has 1 spiro atoms. The fourth-order valence-electron chi connectivity index (χ4n) is 5.03. The first kappa shape index (κ1) is 18.6. The maximum atomic E-state index is 13.5. The lowest BCUT2D eigenvalue weighted by Gasteiger charge is -2.50. The van der Waals surface area contributed by atoms with Gasteiger partial charge >= 0.3 is 0 Å². The molecule has 1 atom stereocenters. The minimum atomic E-state index is -0.117. The Bertz CT molecular complexity index is 1130. The average molecular weight is 397 g/mol. The van der Waals surface area contributed by atoms with Crippen LogP contribution in [0.3, 0.4) is 0 Å². The van der Waals surface area contributed by atoms with E-state index in [2.05, 4.69) is 23.7 Å². The third kappa shape index (κ3) is 2.89. The molecule has 5 heteroatoms. The summed E-state index contributed by atoms with van der Waals surface area (Å²) in [5.74, 6) is 0.153. The topological polar surface area (TPSA) is 53.5 Å². The summed E-state index contributed by atoms with van der Waals surface area (Å²) >= 11 is 0. The van der Waals surface area contributed by atoms with Crippen molar-refractivity contribution < 1.29 is 9.59 Å². The molecule has 2 aromatic carbocycles. The highest BCUT2D eigenvalue weighted by atomic mass is 16.2. The van der Waals surface area contributed by atoms with Gasteiger partial charge in [-0.15, -0.1) is 0 Å². The number of carbonyl (C=O) groups is 2. The molecule has 3 heterocycles. The summed E-state index contributed by atoms with van der Waals surface area (Å²) in [4.78, 5) is 33.8. The molecule has 0 bridgehead atoms. The molecule has 30 heavy (non-hydrogen) atoms. The van der Waals surface area contributed by atoms with Gasteiger partial charge in [0, 0.05) is 49.1 Å². The maximum absolute atomic E-state index is 13.5. The van der Waals surface area contributed by atoms with Gasteiger partial charge in [0.1, 0.15) is 0 Å². The smallest absolute Gasteiger partial charge is 0.256 e. The van der Waals surface area contributed by atoms with E-state index >= 15 is 0 Å². The second-order valence-corrected chi connectivity index (χ2v) is 8.29. The summed E-state index contributed by atoms with van der Waals surface area (Å²) in [6.07, 6.45) is 3.09. The van der Waals surface area contributed by atoms with E-state index < -0.39 is 0 Å². The Hall–Kier alpha value is -3.47. The largest absolute Gasteiger partial charge is 0.338 e. The molecule has 0 unspecified atom stereocenters. The highest BCUT2D eigenvalue weighted by molar-refractivity contribution is 6.05. The quantitative estimate of drug-likeness (QED) is 0.636. The van der Waals surface area contributed by atoms with Crippen molar-refractivity contribution in [2.45, 2.75) is 5.92 Å². The van der Waals surface area contributed by atoms with Crippen LogP contribution in [0, 0.1) is 5.41 Å². The summed E-state index contributed by atoms with van der Waals surface area (Å²) in [5.41, 5.74) is 2.47. The number of nitrogens with zero attached hydrogens (tertiary/aromatic N) is 3. The predicted octanol–water partition coefficient (Wildman–Crippen LogP) is 3.49. The third-order valence-electron chi connectivity index (χ3n) is 6.50. The monoisotopic (exact) mass is 397 g/mol. The zero-order valence-corrected chi connectivity index (χ0v) is 16.7. The zero-order chi connectivity index (χ0) is 20.7. The van der Waals surface area contributed by atoms with Gasteiger partial charge in [-0.1, -0.05) is 55.1 Å². The number of likely N-dealkylation sites (tertiary alicyclic amines) is 2. The van der Waals surface area contributed by atoms with Gasteiger partial charge in [0.25, 0.3) is 5.91 Å². The van der Waals surface area contributed by atoms with Crippen molar-refractivity contribution >= 4 is 22.7 Å². The van der Waals surface area contributed by atoms with E-state index in [0.717, 1.165) is 10.9 Å². The van der Waals surface area contributed by atoms with Crippen LogP contribution in [0.1, 0.15) is 21.8 Å². The molecule has 5 rings (SSSR count). The Morgan fingerprint density at radius 1 is 0.967 bits per heavy atom. The molecular formula is C25H23N3O2. The van der Waals surface area contributed by atoms with E-state index in [9.17, 15) is 9.59 Å². The molecule has 2 aliphatic rings. The molecule has 0 radical (unpaired) electrons. The number of aromatic nitrogens is 1. The van der Waals surface area contributed by atoms with Crippen LogP contribution in [0.2, 0.25) is 0 Å². The average Bonchev–Trinajstić information content (AvgIpc) is 3.18. The molecule has 3 aromatic rings. The molecule has 5 nitrogen and oxygen atoms in total. The minimum absolute atomic E-state index is 0.00519. The summed E-state index contributed by atoms with van der Waals surface area (Å²) in [5, 5.41) is 0.961. The second kappa shape index (κ2) is 7.10. The van der Waals surface area contributed by atoms with Gasteiger partial charge in [-0.05, 0) is 23.8 Å². The molecule has 0 N–H and O–H groups in total.